The summed E-state index contributed by atoms with van der Waals surface area (Å²) in [6, 6.07) is 6.23. The number of carbonyl (C=O) groups excluding carboxylic acids is 1. The quantitative estimate of drug-likeness (QED) is 0.299. The third-order valence-corrected chi connectivity index (χ3v) is 3.57. The van der Waals surface area contributed by atoms with Crippen LogP contribution in [0.5, 0.6) is 0 Å². The Morgan fingerprint density at radius 1 is 1.23 bits per heavy atom. The summed E-state index contributed by atoms with van der Waals surface area (Å²) in [4.78, 5) is 11.0. The van der Waals surface area contributed by atoms with Crippen molar-refractivity contribution in [3.05, 3.63) is 29.8 Å². The van der Waals surface area contributed by atoms with E-state index < -0.39 is 10.0 Å². The monoisotopic (exact) mass is 374 g/mol. The Kier molecular flexibility index (Phi) is 12.3. The molecule has 1 rings (SSSR count). The maximum Gasteiger partial charge on any atom is 1.00 e. The second-order valence-electron chi connectivity index (χ2n) is 3.95. The number of hydrogen-bond donors (Lipinski definition) is 4. The fraction of sp³-hybridized carbons (Fsp3) is 0.273. The largest absolute Gasteiger partial charge is 1.00 e. The number of rotatable bonds is 5. The smallest absolute Gasteiger partial charge is 1.00 e. The predicted molar refractivity (Wildman–Crippen MR) is 79.3 cm³/mol. The molecule has 1 amide bonds. The van der Waals surface area contributed by atoms with E-state index in [4.69, 9.17) is 23.1 Å². The number of primary sulfonamides is 1. The summed E-state index contributed by atoms with van der Waals surface area (Å²) in [7, 11) is -3.67. The molecule has 6 N–H and O–H groups in total. The van der Waals surface area contributed by atoms with Gasteiger partial charge in [-0.3, -0.25) is 4.79 Å². The Balaban J connectivity index is 0. The molecule has 22 heavy (non-hydrogen) atoms. The van der Waals surface area contributed by atoms with E-state index in [1.54, 1.807) is 12.1 Å². The number of nitrogens with two attached hydrogens (primary N) is 2. The second kappa shape index (κ2) is 11.3. The first-order valence-corrected chi connectivity index (χ1v) is 7.68. The molecule has 0 aliphatic heterocycles. The maximum atomic E-state index is 11.1. The van der Waals surface area contributed by atoms with Gasteiger partial charge in [0.2, 0.25) is 15.9 Å². The molecule has 0 aliphatic carbocycles. The molecule has 11 heteroatoms. The summed E-state index contributed by atoms with van der Waals surface area (Å²) >= 11 is 4.89. The molecule has 0 fully saturated rings. The molecule has 0 unspecified atom stereocenters. The Morgan fingerprint density at radius 3 is 2.23 bits per heavy atom. The summed E-state index contributed by atoms with van der Waals surface area (Å²) in [6.45, 7) is 0.370. The van der Waals surface area contributed by atoms with Gasteiger partial charge in [-0.25, -0.2) is 13.6 Å². The van der Waals surface area contributed by atoms with Crippen LogP contribution in [-0.4, -0.2) is 32.5 Å². The Labute approximate surface area is 163 Å². The summed E-state index contributed by atoms with van der Waals surface area (Å²) < 4.78 is 22.2. The molecule has 0 aliphatic rings. The zero-order valence-electron chi connectivity index (χ0n) is 12.0. The van der Waals surface area contributed by atoms with Gasteiger partial charge in [-0.05, 0) is 36.3 Å². The summed E-state index contributed by atoms with van der Waals surface area (Å²) in [5.74, 6) is -0.361. The number of hydrogen-bond acceptors (Lipinski definition) is 5. The van der Waals surface area contributed by atoms with Crippen molar-refractivity contribution in [3.8, 4) is 0 Å². The van der Waals surface area contributed by atoms with Crippen LogP contribution in [0.4, 0.5) is 0 Å². The molecular weight excluding hydrogens is 359 g/mol. The van der Waals surface area contributed by atoms with Crippen LogP contribution in [0.25, 0.3) is 0 Å². The number of amides is 1. The van der Waals surface area contributed by atoms with E-state index in [2.05, 4.69) is 10.6 Å². The molecule has 0 aromatic heterocycles. The molecule has 0 bridgehead atoms. The van der Waals surface area contributed by atoms with E-state index in [-0.39, 0.29) is 64.4 Å². The van der Waals surface area contributed by atoms with E-state index >= 15 is 0 Å². The van der Waals surface area contributed by atoms with Crippen molar-refractivity contribution in [1.29, 1.82) is 0 Å². The first-order valence-electron chi connectivity index (χ1n) is 5.72. The van der Waals surface area contributed by atoms with Crippen LogP contribution in [0.15, 0.2) is 29.2 Å². The molecular formula is C11H16ClN4NaO3S2. The zero-order valence-corrected chi connectivity index (χ0v) is 16.4. The average Bonchev–Trinajstić information content (AvgIpc) is 2.38. The Morgan fingerprint density at radius 2 is 1.77 bits per heavy atom. The molecule has 7 nitrogen and oxygen atoms in total. The van der Waals surface area contributed by atoms with Gasteiger partial charge in [-0.2, -0.15) is 0 Å². The first-order chi connectivity index (χ1) is 9.32. The van der Waals surface area contributed by atoms with Crippen molar-refractivity contribution < 1.29 is 55.2 Å². The summed E-state index contributed by atoms with van der Waals surface area (Å²) in [5, 5.41) is 10.5. The third kappa shape index (κ3) is 9.01. The molecule has 118 valence electrons. The minimum atomic E-state index is -3.67. The SMILES string of the molecule is NCC(=O)NC(=S)NCCc1ccc(S(N)(=O)=O)cc1.[Cl-].[Na+]. The molecule has 0 saturated heterocycles. The summed E-state index contributed by atoms with van der Waals surface area (Å²) in [6.07, 6.45) is 0.615. The number of thiocarbonyl (C=S) groups is 1. The molecule has 0 heterocycles. The molecule has 0 saturated carbocycles. The number of carbonyl (C=O) groups is 1. The van der Waals surface area contributed by atoms with Crippen LogP contribution in [0.3, 0.4) is 0 Å². The number of benzene rings is 1. The van der Waals surface area contributed by atoms with Gasteiger partial charge in [0.1, 0.15) is 0 Å². The van der Waals surface area contributed by atoms with Crippen molar-refractivity contribution in [3.63, 3.8) is 0 Å². The molecule has 1 aromatic rings. The Hall–Kier alpha value is -0.260. The van der Waals surface area contributed by atoms with Crippen molar-refractivity contribution in [2.75, 3.05) is 13.1 Å². The van der Waals surface area contributed by atoms with Crippen LogP contribution in [0.2, 0.25) is 0 Å². The van der Waals surface area contributed by atoms with Crippen LogP contribution in [-0.2, 0) is 21.2 Å². The number of halogens is 1. The van der Waals surface area contributed by atoms with Crippen LogP contribution in [0.1, 0.15) is 5.56 Å². The Bertz CT molecular complexity index is 596. The van der Waals surface area contributed by atoms with Crippen molar-refractivity contribution in [2.45, 2.75) is 11.3 Å². The van der Waals surface area contributed by atoms with Gasteiger partial charge < -0.3 is 28.8 Å². The van der Waals surface area contributed by atoms with E-state index in [1.807, 2.05) is 0 Å². The van der Waals surface area contributed by atoms with Crippen LogP contribution < -0.4 is 63.5 Å². The molecule has 0 spiro atoms. The first kappa shape index (κ1) is 24.0. The number of sulfonamides is 1. The van der Waals surface area contributed by atoms with E-state index in [0.717, 1.165) is 5.56 Å². The van der Waals surface area contributed by atoms with E-state index in [9.17, 15) is 13.2 Å². The molecule has 0 radical (unpaired) electrons. The van der Waals surface area contributed by atoms with Gasteiger partial charge in [0.15, 0.2) is 5.11 Å². The predicted octanol–water partition coefficient (Wildman–Crippen LogP) is -7.17. The maximum absolute atomic E-state index is 11.1. The summed E-state index contributed by atoms with van der Waals surface area (Å²) in [5.41, 5.74) is 6.05. The fourth-order valence-electron chi connectivity index (χ4n) is 1.39. The van der Waals surface area contributed by atoms with Gasteiger partial charge >= 0.3 is 29.6 Å². The average molecular weight is 375 g/mol. The topological polar surface area (TPSA) is 127 Å². The normalized spacial score (nSPS) is 9.91. The van der Waals surface area contributed by atoms with Crippen molar-refractivity contribution in [1.82, 2.24) is 10.6 Å². The van der Waals surface area contributed by atoms with Gasteiger partial charge in [-0.15, -0.1) is 0 Å². The van der Waals surface area contributed by atoms with Gasteiger partial charge in [0, 0.05) is 6.54 Å². The van der Waals surface area contributed by atoms with Crippen molar-refractivity contribution >= 4 is 33.3 Å². The fourth-order valence-corrected chi connectivity index (χ4v) is 2.12. The van der Waals surface area contributed by atoms with Crippen molar-refractivity contribution in [2.24, 2.45) is 10.9 Å². The molecule has 1 aromatic carbocycles. The van der Waals surface area contributed by atoms with E-state index in [1.165, 1.54) is 12.1 Å². The van der Waals surface area contributed by atoms with Gasteiger partial charge in [-0.1, -0.05) is 12.1 Å². The second-order valence-corrected chi connectivity index (χ2v) is 5.92. The van der Waals surface area contributed by atoms with Gasteiger partial charge in [0.25, 0.3) is 0 Å². The third-order valence-electron chi connectivity index (χ3n) is 2.39. The standard InChI is InChI=1S/C11H16N4O3S2.ClH.Na/c12-7-10(16)15-11(19)14-6-5-8-1-3-9(4-2-8)20(13,17)18;;/h1-4H,5-7,12H2,(H2,13,17,18)(H2,14,15,16,19);1H;/q;;+1/p-1. The van der Waals surface area contributed by atoms with E-state index in [0.29, 0.717) is 13.0 Å². The molecule has 0 atom stereocenters. The minimum absolute atomic E-state index is 0. The zero-order chi connectivity index (χ0) is 15.2. The van der Waals surface area contributed by atoms with Crippen LogP contribution >= 0.6 is 12.2 Å². The minimum Gasteiger partial charge on any atom is -1.00 e. The van der Waals surface area contributed by atoms with Crippen LogP contribution in [0, 0.1) is 0 Å². The number of nitrogens with one attached hydrogen (secondary N) is 2. The van der Waals surface area contributed by atoms with Gasteiger partial charge in [0.05, 0.1) is 11.4 Å².